The molecule has 1 heterocycles. The molecule has 33 heavy (non-hydrogen) atoms. The van der Waals surface area contributed by atoms with Gasteiger partial charge in [0, 0.05) is 44.2 Å². The number of carbonyl (C=O) groups is 3. The molecule has 1 atom stereocenters. The minimum Gasteiger partial charge on any atom is -0.497 e. The van der Waals surface area contributed by atoms with Gasteiger partial charge in [0.2, 0.25) is 5.91 Å². The molecule has 0 bridgehead atoms. The third kappa shape index (κ3) is 6.47. The Labute approximate surface area is 193 Å². The number of anilines is 1. The van der Waals surface area contributed by atoms with Crippen LogP contribution in [0.3, 0.4) is 0 Å². The first-order chi connectivity index (χ1) is 15.9. The van der Waals surface area contributed by atoms with Crippen molar-refractivity contribution in [3.63, 3.8) is 0 Å². The number of nitrogens with zero attached hydrogens (tertiary/aromatic N) is 2. The Morgan fingerprint density at radius 1 is 0.939 bits per heavy atom. The zero-order chi connectivity index (χ0) is 23.8. The van der Waals surface area contributed by atoms with Crippen LogP contribution in [0.4, 0.5) is 5.69 Å². The fourth-order valence-corrected chi connectivity index (χ4v) is 3.97. The largest absolute Gasteiger partial charge is 0.497 e. The molecule has 1 aliphatic rings. The third-order valence-corrected chi connectivity index (χ3v) is 5.81. The van der Waals surface area contributed by atoms with E-state index in [4.69, 9.17) is 9.47 Å². The fraction of sp³-hybridized carbons (Fsp3) is 0.400. The molecule has 2 aromatic carbocycles. The van der Waals surface area contributed by atoms with E-state index in [0.29, 0.717) is 44.1 Å². The predicted molar refractivity (Wildman–Crippen MR) is 124 cm³/mol. The number of carboxylic acids is 1. The lowest BCUT2D eigenvalue weighted by Gasteiger charge is -2.36. The van der Waals surface area contributed by atoms with Gasteiger partial charge in [-0.15, -0.1) is 0 Å². The van der Waals surface area contributed by atoms with Gasteiger partial charge in [0.1, 0.15) is 5.75 Å². The summed E-state index contributed by atoms with van der Waals surface area (Å²) in [5, 5.41) is 9.33. The molecule has 8 nitrogen and oxygen atoms in total. The Kier molecular flexibility index (Phi) is 8.29. The highest BCUT2D eigenvalue weighted by Crippen LogP contribution is 2.27. The highest BCUT2D eigenvalue weighted by Gasteiger charge is 2.26. The molecule has 2 aromatic rings. The van der Waals surface area contributed by atoms with E-state index in [2.05, 4.69) is 4.90 Å². The molecule has 1 saturated heterocycles. The number of piperazine rings is 1. The van der Waals surface area contributed by atoms with E-state index < -0.39 is 11.9 Å². The van der Waals surface area contributed by atoms with Gasteiger partial charge in [-0.3, -0.25) is 9.59 Å². The van der Waals surface area contributed by atoms with Crippen LogP contribution in [0.25, 0.3) is 0 Å². The summed E-state index contributed by atoms with van der Waals surface area (Å²) >= 11 is 0. The van der Waals surface area contributed by atoms with Gasteiger partial charge in [0.15, 0.2) is 0 Å². The fourth-order valence-electron chi connectivity index (χ4n) is 3.97. The summed E-state index contributed by atoms with van der Waals surface area (Å²) in [6.45, 7) is 4.55. The van der Waals surface area contributed by atoms with Crippen LogP contribution in [0.5, 0.6) is 5.75 Å². The summed E-state index contributed by atoms with van der Waals surface area (Å²) in [4.78, 5) is 40.1. The molecule has 0 spiro atoms. The molecule has 0 saturated carbocycles. The normalized spacial score (nSPS) is 14.5. The van der Waals surface area contributed by atoms with Crippen molar-refractivity contribution in [2.45, 2.75) is 25.7 Å². The summed E-state index contributed by atoms with van der Waals surface area (Å²) in [5.41, 5.74) is 2.31. The maximum Gasteiger partial charge on any atom is 0.338 e. The van der Waals surface area contributed by atoms with E-state index in [1.165, 1.54) is 0 Å². The summed E-state index contributed by atoms with van der Waals surface area (Å²) in [7, 11) is 1.57. The lowest BCUT2D eigenvalue weighted by molar-refractivity contribution is -0.138. The van der Waals surface area contributed by atoms with Gasteiger partial charge in [-0.05, 0) is 48.9 Å². The topological polar surface area (TPSA) is 96.4 Å². The van der Waals surface area contributed by atoms with Crippen molar-refractivity contribution < 1.29 is 29.0 Å². The molecular formula is C25H30N2O6. The van der Waals surface area contributed by atoms with E-state index in [9.17, 15) is 19.5 Å². The molecule has 0 aromatic heterocycles. The second kappa shape index (κ2) is 11.4. The predicted octanol–water partition coefficient (Wildman–Crippen LogP) is 3.17. The van der Waals surface area contributed by atoms with E-state index in [-0.39, 0.29) is 24.7 Å². The number of methoxy groups -OCH3 is 1. The summed E-state index contributed by atoms with van der Waals surface area (Å²) < 4.78 is 10.2. The molecule has 1 fully saturated rings. The quantitative estimate of drug-likeness (QED) is 0.582. The molecular weight excluding hydrogens is 424 g/mol. The maximum absolute atomic E-state index is 12.9. The van der Waals surface area contributed by atoms with Crippen LogP contribution >= 0.6 is 0 Å². The molecule has 176 valence electrons. The summed E-state index contributed by atoms with van der Waals surface area (Å²) in [6.07, 6.45) is 0.0394. The van der Waals surface area contributed by atoms with Gasteiger partial charge in [0.05, 0.1) is 25.7 Å². The van der Waals surface area contributed by atoms with Gasteiger partial charge in [0.25, 0.3) is 0 Å². The van der Waals surface area contributed by atoms with Gasteiger partial charge >= 0.3 is 11.9 Å². The number of rotatable bonds is 9. The number of carboxylic acid groups (broad SMARTS) is 1. The molecule has 1 N–H and O–H groups in total. The number of amides is 1. The van der Waals surface area contributed by atoms with Crippen molar-refractivity contribution in [2.75, 3.05) is 44.8 Å². The number of ether oxygens (including phenoxy) is 2. The van der Waals surface area contributed by atoms with E-state index >= 15 is 0 Å². The van der Waals surface area contributed by atoms with Crippen LogP contribution in [0.15, 0.2) is 48.5 Å². The Morgan fingerprint density at radius 3 is 2.12 bits per heavy atom. The second-order valence-electron chi connectivity index (χ2n) is 7.91. The molecule has 8 heteroatoms. The first-order valence-corrected chi connectivity index (χ1v) is 11.1. The van der Waals surface area contributed by atoms with Gasteiger partial charge in [-0.25, -0.2) is 4.79 Å². The monoisotopic (exact) mass is 454 g/mol. The van der Waals surface area contributed by atoms with Gasteiger partial charge in [-0.2, -0.15) is 0 Å². The third-order valence-electron chi connectivity index (χ3n) is 5.81. The highest BCUT2D eigenvalue weighted by atomic mass is 16.5. The molecule has 1 unspecified atom stereocenters. The minimum atomic E-state index is -0.931. The van der Waals surface area contributed by atoms with Crippen molar-refractivity contribution >= 4 is 23.5 Å². The van der Waals surface area contributed by atoms with Crippen LogP contribution in [0.2, 0.25) is 0 Å². The number of benzene rings is 2. The molecule has 1 aliphatic heterocycles. The van der Waals surface area contributed by atoms with Gasteiger partial charge in [-0.1, -0.05) is 12.1 Å². The molecule has 1 amide bonds. The smallest absolute Gasteiger partial charge is 0.338 e. The first-order valence-electron chi connectivity index (χ1n) is 11.1. The van der Waals surface area contributed by atoms with Crippen molar-refractivity contribution in [2.24, 2.45) is 0 Å². The zero-order valence-corrected chi connectivity index (χ0v) is 19.0. The van der Waals surface area contributed by atoms with Crippen LogP contribution in [0.1, 0.15) is 41.6 Å². The SMILES string of the molecule is CCOC(=O)c1ccc(N2CCN(C(=O)CC(CC(=O)O)c3ccc(OC)cc3)CC2)cc1. The molecule has 0 radical (unpaired) electrons. The average Bonchev–Trinajstić information content (AvgIpc) is 2.84. The number of aliphatic carboxylic acids is 1. The summed E-state index contributed by atoms with van der Waals surface area (Å²) in [5.74, 6) is -1.03. The van der Waals surface area contributed by atoms with E-state index in [1.807, 2.05) is 24.3 Å². The Balaban J connectivity index is 1.58. The zero-order valence-electron chi connectivity index (χ0n) is 19.0. The van der Waals surface area contributed by atoms with Crippen LogP contribution in [0, 0.1) is 0 Å². The lowest BCUT2D eigenvalue weighted by Crippen LogP contribution is -2.49. The van der Waals surface area contributed by atoms with Crippen LogP contribution < -0.4 is 9.64 Å². The number of hydrogen-bond acceptors (Lipinski definition) is 6. The number of carbonyl (C=O) groups excluding carboxylic acids is 2. The van der Waals surface area contributed by atoms with Gasteiger partial charge < -0.3 is 24.4 Å². The van der Waals surface area contributed by atoms with Crippen molar-refractivity contribution in [3.8, 4) is 5.75 Å². The van der Waals surface area contributed by atoms with Crippen molar-refractivity contribution in [1.82, 2.24) is 4.90 Å². The van der Waals surface area contributed by atoms with Crippen molar-refractivity contribution in [3.05, 3.63) is 59.7 Å². The van der Waals surface area contributed by atoms with Crippen molar-refractivity contribution in [1.29, 1.82) is 0 Å². The van der Waals surface area contributed by atoms with Crippen LogP contribution in [-0.4, -0.2) is 67.7 Å². The number of esters is 1. The Hall–Kier alpha value is -3.55. The van der Waals surface area contributed by atoms with Crippen LogP contribution in [-0.2, 0) is 14.3 Å². The standard InChI is InChI=1S/C25H30N2O6/c1-3-33-25(31)19-4-8-21(9-5-19)26-12-14-27(15-13-26)23(28)16-20(17-24(29)30)18-6-10-22(32-2)11-7-18/h4-11,20H,3,12-17H2,1-2H3,(H,29,30). The Bertz CT molecular complexity index is 950. The van der Waals surface area contributed by atoms with E-state index in [0.717, 1.165) is 11.3 Å². The first kappa shape index (κ1) is 24.1. The molecule has 3 rings (SSSR count). The van der Waals surface area contributed by atoms with E-state index in [1.54, 1.807) is 43.2 Å². The number of hydrogen-bond donors (Lipinski definition) is 1. The molecule has 0 aliphatic carbocycles. The Morgan fingerprint density at radius 2 is 1.58 bits per heavy atom. The second-order valence-corrected chi connectivity index (χ2v) is 7.91. The summed E-state index contributed by atoms with van der Waals surface area (Å²) in [6, 6.07) is 14.5. The maximum atomic E-state index is 12.9. The lowest BCUT2D eigenvalue weighted by atomic mass is 9.91. The highest BCUT2D eigenvalue weighted by molar-refractivity contribution is 5.89. The minimum absolute atomic E-state index is 0.0469. The average molecular weight is 455 g/mol.